The highest BCUT2D eigenvalue weighted by Crippen LogP contribution is 2.42. The second-order valence-corrected chi connectivity index (χ2v) is 12.0. The first kappa shape index (κ1) is 32.6. The molecule has 2 atom stereocenters. The Morgan fingerprint density at radius 2 is 1.80 bits per heavy atom. The Bertz CT molecular complexity index is 1660. The summed E-state index contributed by atoms with van der Waals surface area (Å²) in [6, 6.07) is 16.9. The van der Waals surface area contributed by atoms with Gasteiger partial charge in [0.15, 0.2) is 11.5 Å². The molecule has 2 aromatic carbocycles. The van der Waals surface area contributed by atoms with E-state index in [1.165, 1.54) is 7.11 Å². The molecule has 0 aliphatic heterocycles. The SMILES string of the molecule is CNCc1cc(CCC(=O)CC(=O)C2C(CNc3ccc[nH]3)=Cc3[nH]ccc3C2CCCCc2cccc(O)c2)cc(OC)c1O. The summed E-state index contributed by atoms with van der Waals surface area (Å²) >= 11 is 0. The smallest absolute Gasteiger partial charge is 0.162 e. The molecule has 2 aromatic heterocycles. The van der Waals surface area contributed by atoms with Crippen molar-refractivity contribution >= 4 is 23.5 Å². The second-order valence-electron chi connectivity index (χ2n) is 12.0. The summed E-state index contributed by atoms with van der Waals surface area (Å²) in [7, 11) is 3.30. The molecule has 4 aromatic rings. The third-order valence-corrected chi connectivity index (χ3v) is 8.78. The van der Waals surface area contributed by atoms with Crippen molar-refractivity contribution in [1.29, 1.82) is 0 Å². The number of unbranched alkanes of at least 4 members (excludes halogenated alkanes) is 1. The van der Waals surface area contributed by atoms with E-state index in [4.69, 9.17) is 4.74 Å². The number of anilines is 1. The number of ketones is 2. The number of rotatable bonds is 17. The van der Waals surface area contributed by atoms with Crippen LogP contribution >= 0.6 is 0 Å². The summed E-state index contributed by atoms with van der Waals surface area (Å²) in [5.41, 5.74) is 5.73. The van der Waals surface area contributed by atoms with E-state index in [9.17, 15) is 19.8 Å². The van der Waals surface area contributed by atoms with Gasteiger partial charge in [-0.1, -0.05) is 24.6 Å². The number of H-pyrrole nitrogens is 2. The van der Waals surface area contributed by atoms with Gasteiger partial charge in [0.2, 0.25) is 0 Å². The van der Waals surface area contributed by atoms with Gasteiger partial charge in [0.05, 0.1) is 13.5 Å². The molecule has 0 bridgehead atoms. The topological polar surface area (TPSA) is 139 Å². The lowest BCUT2D eigenvalue weighted by Gasteiger charge is -2.32. The number of carbonyl (C=O) groups is 2. The number of Topliss-reactive ketones (excluding diaryl/α,β-unsaturated/α-hetero) is 2. The fraction of sp³-hybridized carbons (Fsp3) is 0.351. The minimum Gasteiger partial charge on any atom is -0.508 e. The Morgan fingerprint density at radius 1 is 0.935 bits per heavy atom. The summed E-state index contributed by atoms with van der Waals surface area (Å²) in [6.45, 7) is 0.942. The van der Waals surface area contributed by atoms with Crippen LogP contribution in [0.3, 0.4) is 0 Å². The number of hydrogen-bond acceptors (Lipinski definition) is 7. The Labute approximate surface area is 270 Å². The van der Waals surface area contributed by atoms with Crippen molar-refractivity contribution in [3.8, 4) is 17.2 Å². The molecule has 0 saturated heterocycles. The molecule has 9 nitrogen and oxygen atoms in total. The molecule has 9 heteroatoms. The van der Waals surface area contributed by atoms with Crippen LogP contribution in [-0.4, -0.2) is 52.4 Å². The van der Waals surface area contributed by atoms with Crippen molar-refractivity contribution in [2.75, 3.05) is 26.0 Å². The number of phenolic OH excluding ortho intramolecular Hbond substituents is 2. The molecule has 0 saturated carbocycles. The first-order valence-corrected chi connectivity index (χ1v) is 16.0. The number of nitrogens with one attached hydrogen (secondary N) is 4. The fourth-order valence-corrected chi connectivity index (χ4v) is 6.54. The van der Waals surface area contributed by atoms with Gasteiger partial charge in [-0.2, -0.15) is 0 Å². The molecule has 0 fully saturated rings. The average molecular weight is 625 g/mol. The highest BCUT2D eigenvalue weighted by atomic mass is 16.5. The number of phenols is 2. The van der Waals surface area contributed by atoms with Crippen molar-refractivity contribution in [3.05, 3.63) is 101 Å². The van der Waals surface area contributed by atoms with Crippen LogP contribution in [0.25, 0.3) is 6.08 Å². The lowest BCUT2D eigenvalue weighted by molar-refractivity contribution is -0.129. The van der Waals surface area contributed by atoms with Crippen LogP contribution < -0.4 is 15.4 Å². The number of fused-ring (bicyclic) bond motifs is 1. The lowest BCUT2D eigenvalue weighted by atomic mass is 9.71. The Balaban J connectivity index is 1.30. The van der Waals surface area contributed by atoms with Gasteiger partial charge in [-0.15, -0.1) is 0 Å². The molecule has 5 rings (SSSR count). The van der Waals surface area contributed by atoms with Gasteiger partial charge in [0, 0.05) is 49.1 Å². The minimum atomic E-state index is -0.425. The van der Waals surface area contributed by atoms with Crippen LogP contribution in [0.2, 0.25) is 0 Å². The number of ether oxygens (including phenoxy) is 1. The molecule has 0 radical (unpaired) electrons. The molecular weight excluding hydrogens is 580 g/mol. The van der Waals surface area contributed by atoms with Gasteiger partial charge in [0.25, 0.3) is 0 Å². The Morgan fingerprint density at radius 3 is 2.57 bits per heavy atom. The van der Waals surface area contributed by atoms with Crippen LogP contribution in [0.15, 0.2) is 72.6 Å². The van der Waals surface area contributed by atoms with Crippen molar-refractivity contribution in [1.82, 2.24) is 15.3 Å². The lowest BCUT2D eigenvalue weighted by Crippen LogP contribution is -2.31. The van der Waals surface area contributed by atoms with E-state index < -0.39 is 5.92 Å². The minimum absolute atomic E-state index is 0.0540. The van der Waals surface area contributed by atoms with Gasteiger partial charge in [-0.3, -0.25) is 9.59 Å². The van der Waals surface area contributed by atoms with Gasteiger partial charge < -0.3 is 35.6 Å². The van der Waals surface area contributed by atoms with Gasteiger partial charge >= 0.3 is 0 Å². The largest absolute Gasteiger partial charge is 0.508 e. The van der Waals surface area contributed by atoms with E-state index in [2.05, 4.69) is 32.7 Å². The molecule has 0 amide bonds. The third-order valence-electron chi connectivity index (χ3n) is 8.78. The van der Waals surface area contributed by atoms with Crippen LogP contribution in [0.5, 0.6) is 17.2 Å². The highest BCUT2D eigenvalue weighted by Gasteiger charge is 2.37. The Kier molecular flexibility index (Phi) is 11.0. The van der Waals surface area contributed by atoms with Crippen LogP contribution in [0.1, 0.15) is 66.0 Å². The predicted molar refractivity (Wildman–Crippen MR) is 180 cm³/mol. The van der Waals surface area contributed by atoms with E-state index in [1.54, 1.807) is 25.2 Å². The van der Waals surface area contributed by atoms with Gasteiger partial charge in [-0.25, -0.2) is 0 Å². The van der Waals surface area contributed by atoms with E-state index in [1.807, 2.05) is 42.7 Å². The van der Waals surface area contributed by atoms with Gasteiger partial charge in [0.1, 0.15) is 23.1 Å². The fourth-order valence-electron chi connectivity index (χ4n) is 6.54. The molecule has 0 spiro atoms. The van der Waals surface area contributed by atoms with Crippen molar-refractivity contribution in [2.24, 2.45) is 5.92 Å². The van der Waals surface area contributed by atoms with Crippen LogP contribution in [0.4, 0.5) is 5.82 Å². The number of aromatic nitrogens is 2. The quantitative estimate of drug-likeness (QED) is 0.0602. The Hall–Kier alpha value is -4.76. The zero-order valence-corrected chi connectivity index (χ0v) is 26.6. The second kappa shape index (κ2) is 15.5. The maximum Gasteiger partial charge on any atom is 0.162 e. The predicted octanol–water partition coefficient (Wildman–Crippen LogP) is 6.27. The zero-order valence-electron chi connectivity index (χ0n) is 26.6. The van der Waals surface area contributed by atoms with Crippen LogP contribution in [-0.2, 0) is 29.0 Å². The number of aromatic amines is 2. The summed E-state index contributed by atoms with van der Waals surface area (Å²) < 4.78 is 5.34. The monoisotopic (exact) mass is 624 g/mol. The van der Waals surface area contributed by atoms with Gasteiger partial charge in [-0.05, 0) is 103 Å². The molecule has 2 heterocycles. The van der Waals surface area contributed by atoms with Crippen molar-refractivity contribution < 1.29 is 24.5 Å². The summed E-state index contributed by atoms with van der Waals surface area (Å²) in [5.74, 6) is 0.943. The standard InChI is InChI=1S/C37H44N4O5/c1-38-22-27-17-25(19-34(46-2)37(27)45)12-13-29(43)21-33(44)36-26(23-41-35-11-6-15-40-35)20-32-30(14-16-39-32)31(36)10-4-3-7-24-8-5-9-28(42)18-24/h5-6,8-9,11,14-20,31,36,38-42,45H,3-4,7,10,12-13,21-23H2,1-2H3. The first-order chi connectivity index (χ1) is 22.4. The summed E-state index contributed by atoms with van der Waals surface area (Å²) in [5, 5.41) is 26.7. The maximum atomic E-state index is 14.1. The molecule has 6 N–H and O–H groups in total. The number of aryl methyl sites for hydroxylation is 2. The normalized spacial score (nSPS) is 15.7. The summed E-state index contributed by atoms with van der Waals surface area (Å²) in [4.78, 5) is 33.9. The number of aromatic hydroxyl groups is 2. The molecule has 46 heavy (non-hydrogen) atoms. The van der Waals surface area contributed by atoms with Crippen LogP contribution in [0, 0.1) is 5.92 Å². The summed E-state index contributed by atoms with van der Waals surface area (Å²) in [6.07, 6.45) is 9.82. The van der Waals surface area contributed by atoms with E-state index in [-0.39, 0.29) is 41.8 Å². The zero-order chi connectivity index (χ0) is 32.5. The third kappa shape index (κ3) is 8.09. The average Bonchev–Trinajstić information content (AvgIpc) is 3.74. The molecule has 2 unspecified atom stereocenters. The number of hydrogen-bond donors (Lipinski definition) is 6. The molecular formula is C37H44N4O5. The first-order valence-electron chi connectivity index (χ1n) is 16.0. The number of methoxy groups -OCH3 is 1. The van der Waals surface area contributed by atoms with E-state index >= 15 is 0 Å². The maximum absolute atomic E-state index is 14.1. The number of carbonyl (C=O) groups excluding carboxylic acids is 2. The van der Waals surface area contributed by atoms with E-state index in [0.717, 1.165) is 59.5 Å². The van der Waals surface area contributed by atoms with Crippen molar-refractivity contribution in [2.45, 2.75) is 57.4 Å². The molecule has 1 aliphatic rings. The molecule has 1 aliphatic carbocycles. The molecule has 242 valence electrons. The van der Waals surface area contributed by atoms with E-state index in [0.29, 0.717) is 30.8 Å². The highest BCUT2D eigenvalue weighted by molar-refractivity contribution is 6.02. The number of benzene rings is 2. The van der Waals surface area contributed by atoms with Crippen molar-refractivity contribution in [3.63, 3.8) is 0 Å².